The van der Waals surface area contributed by atoms with Gasteiger partial charge in [0.1, 0.15) is 0 Å². The molecule has 18 heavy (non-hydrogen) atoms. The van der Waals surface area contributed by atoms with Crippen LogP contribution in [0, 0.1) is 0 Å². The molecule has 2 aromatic rings. The molecule has 0 amide bonds. The molecule has 0 saturated heterocycles. The van der Waals surface area contributed by atoms with E-state index in [-0.39, 0.29) is 0 Å². The van der Waals surface area contributed by atoms with Crippen molar-refractivity contribution in [2.75, 3.05) is 0 Å². The zero-order valence-electron chi connectivity index (χ0n) is 9.40. The number of carbonyl (C=O) groups is 1. The van der Waals surface area contributed by atoms with Crippen molar-refractivity contribution in [1.82, 2.24) is 0 Å². The minimum Gasteiger partial charge on any atom is -0.453 e. The van der Waals surface area contributed by atoms with Crippen molar-refractivity contribution in [1.29, 1.82) is 0 Å². The highest BCUT2D eigenvalue weighted by Gasteiger charge is 2.70. The summed E-state index contributed by atoms with van der Waals surface area (Å²) in [7, 11) is 0. The van der Waals surface area contributed by atoms with E-state index < -0.39 is 9.93 Å². The molecule has 1 unspecified atom stereocenters. The maximum absolute atomic E-state index is 10.6. The van der Waals surface area contributed by atoms with Gasteiger partial charge in [0.2, 0.25) is 0 Å². The Balaban J connectivity index is 2.11. The van der Waals surface area contributed by atoms with Crippen LogP contribution in [-0.4, -0.2) is 10.8 Å². The van der Waals surface area contributed by atoms with Gasteiger partial charge in [0.25, 0.3) is 6.47 Å². The second-order valence-electron chi connectivity index (χ2n) is 4.48. The first-order chi connectivity index (χ1) is 8.59. The highest BCUT2D eigenvalue weighted by Crippen LogP contribution is 2.65. The molecule has 0 bridgehead atoms. The Hall–Kier alpha value is -1.25. The molecule has 0 radical (unpaired) electrons. The third-order valence-corrected chi connectivity index (χ3v) is 4.28. The zero-order valence-corrected chi connectivity index (χ0v) is 10.9. The number of halogens is 2. The van der Waals surface area contributed by atoms with Crippen molar-refractivity contribution in [2.24, 2.45) is 0 Å². The van der Waals surface area contributed by atoms with E-state index in [1.807, 2.05) is 42.5 Å². The first kappa shape index (κ1) is 11.8. The van der Waals surface area contributed by atoms with Crippen LogP contribution in [0.25, 0.3) is 10.8 Å². The zero-order chi connectivity index (χ0) is 12.8. The average molecular weight is 281 g/mol. The monoisotopic (exact) mass is 280 g/mol. The second-order valence-corrected chi connectivity index (χ2v) is 5.97. The fourth-order valence-electron chi connectivity index (χ4n) is 2.30. The van der Waals surface area contributed by atoms with E-state index in [1.165, 1.54) is 0 Å². The second kappa shape index (κ2) is 3.87. The Morgan fingerprint density at radius 3 is 2.39 bits per heavy atom. The van der Waals surface area contributed by atoms with Crippen LogP contribution in [0.3, 0.4) is 0 Å². The Kier molecular flexibility index (Phi) is 2.54. The first-order valence-corrected chi connectivity index (χ1v) is 6.33. The summed E-state index contributed by atoms with van der Waals surface area (Å²) in [6.45, 7) is 0.404. The lowest BCUT2D eigenvalue weighted by Crippen LogP contribution is -2.18. The molecule has 0 aromatic heterocycles. The van der Waals surface area contributed by atoms with Gasteiger partial charge in [0, 0.05) is 6.42 Å². The summed E-state index contributed by atoms with van der Waals surface area (Å²) >= 11 is 12.2. The molecular weight excluding hydrogens is 271 g/mol. The van der Waals surface area contributed by atoms with E-state index in [4.69, 9.17) is 27.9 Å². The summed E-state index contributed by atoms with van der Waals surface area (Å²) < 4.78 is 4.11. The van der Waals surface area contributed by atoms with E-state index >= 15 is 0 Å². The lowest BCUT2D eigenvalue weighted by Gasteiger charge is -2.17. The number of carbonyl (C=O) groups excluding carboxylic acids is 1. The third kappa shape index (κ3) is 1.60. The lowest BCUT2D eigenvalue weighted by atomic mass is 10.0. The molecule has 1 aliphatic carbocycles. The lowest BCUT2D eigenvalue weighted by molar-refractivity contribution is -0.136. The predicted octanol–water partition coefficient (Wildman–Crippen LogP) is 3.79. The van der Waals surface area contributed by atoms with Crippen molar-refractivity contribution in [3.8, 4) is 0 Å². The van der Waals surface area contributed by atoms with Gasteiger partial charge in [-0.15, -0.1) is 0 Å². The molecule has 3 rings (SSSR count). The molecule has 0 spiro atoms. The van der Waals surface area contributed by atoms with Gasteiger partial charge < -0.3 is 4.74 Å². The number of hydrogen-bond donors (Lipinski definition) is 0. The summed E-state index contributed by atoms with van der Waals surface area (Å²) in [6, 6.07) is 13.8. The molecule has 92 valence electrons. The summed E-state index contributed by atoms with van der Waals surface area (Å²) in [5.74, 6) is 0. The summed E-state index contributed by atoms with van der Waals surface area (Å²) in [6.07, 6.45) is 0.417. The molecule has 0 heterocycles. The topological polar surface area (TPSA) is 26.3 Å². The molecule has 1 saturated carbocycles. The van der Waals surface area contributed by atoms with Gasteiger partial charge in [0.05, 0.1) is 0 Å². The van der Waals surface area contributed by atoms with Crippen molar-refractivity contribution >= 4 is 40.4 Å². The summed E-state index contributed by atoms with van der Waals surface area (Å²) in [5.41, 5.74) is -0.0691. The molecule has 4 heteroatoms. The van der Waals surface area contributed by atoms with Gasteiger partial charge in [-0.2, -0.15) is 0 Å². The van der Waals surface area contributed by atoms with E-state index in [2.05, 4.69) is 0 Å². The first-order valence-electron chi connectivity index (χ1n) is 5.58. The van der Waals surface area contributed by atoms with E-state index in [0.29, 0.717) is 12.9 Å². The maximum Gasteiger partial charge on any atom is 0.294 e. The minimum atomic E-state index is -1.03. The quantitative estimate of drug-likeness (QED) is 0.632. The largest absolute Gasteiger partial charge is 0.453 e. The van der Waals surface area contributed by atoms with Crippen molar-refractivity contribution in [3.05, 3.63) is 48.0 Å². The van der Waals surface area contributed by atoms with Crippen LogP contribution >= 0.6 is 23.2 Å². The number of alkyl halides is 2. The molecule has 2 nitrogen and oxygen atoms in total. The molecular formula is C14H10Cl2O2. The van der Waals surface area contributed by atoms with Gasteiger partial charge >= 0.3 is 0 Å². The van der Waals surface area contributed by atoms with Gasteiger partial charge in [-0.3, -0.25) is 4.79 Å². The molecule has 0 aliphatic heterocycles. The fraction of sp³-hybridized carbons (Fsp3) is 0.214. The maximum atomic E-state index is 10.6. The SMILES string of the molecule is O=COC1(c2ccc3ccccc3c2)CC1(Cl)Cl. The van der Waals surface area contributed by atoms with E-state index in [1.54, 1.807) is 0 Å². The van der Waals surface area contributed by atoms with Crippen LogP contribution in [0.5, 0.6) is 0 Å². The highest BCUT2D eigenvalue weighted by atomic mass is 35.5. The summed E-state index contributed by atoms with van der Waals surface area (Å²) in [5, 5.41) is 2.19. The predicted molar refractivity (Wildman–Crippen MR) is 71.8 cm³/mol. The van der Waals surface area contributed by atoms with E-state index in [9.17, 15) is 4.79 Å². The van der Waals surface area contributed by atoms with Crippen molar-refractivity contribution in [2.45, 2.75) is 16.4 Å². The third-order valence-electron chi connectivity index (χ3n) is 3.40. The Morgan fingerprint density at radius 2 is 1.78 bits per heavy atom. The number of benzene rings is 2. The Morgan fingerprint density at radius 1 is 1.11 bits per heavy atom. The molecule has 1 fully saturated rings. The number of fused-ring (bicyclic) bond motifs is 1. The van der Waals surface area contributed by atoms with Crippen LogP contribution in [0.1, 0.15) is 12.0 Å². The standard InChI is InChI=1S/C14H10Cl2O2/c15-14(16)8-13(14,18-9-17)12-6-5-10-3-1-2-4-11(10)7-12/h1-7,9H,8H2. The fourth-order valence-corrected chi connectivity index (χ4v) is 2.98. The smallest absolute Gasteiger partial charge is 0.294 e. The highest BCUT2D eigenvalue weighted by molar-refractivity contribution is 6.52. The number of hydrogen-bond acceptors (Lipinski definition) is 2. The normalized spacial score (nSPS) is 24.8. The van der Waals surface area contributed by atoms with Crippen LogP contribution < -0.4 is 0 Å². The van der Waals surface area contributed by atoms with E-state index in [0.717, 1.165) is 16.3 Å². The molecule has 2 aromatic carbocycles. The van der Waals surface area contributed by atoms with Gasteiger partial charge in [-0.05, 0) is 22.4 Å². The Labute approximate surface area is 114 Å². The molecule has 1 aliphatic rings. The van der Waals surface area contributed by atoms with Crippen LogP contribution in [0.2, 0.25) is 0 Å². The summed E-state index contributed by atoms with van der Waals surface area (Å²) in [4.78, 5) is 10.6. The van der Waals surface area contributed by atoms with Crippen molar-refractivity contribution < 1.29 is 9.53 Å². The molecule has 0 N–H and O–H groups in total. The Bertz CT molecular complexity index is 624. The van der Waals surface area contributed by atoms with Gasteiger partial charge in [0.15, 0.2) is 9.93 Å². The minimum absolute atomic E-state index is 0.404. The van der Waals surface area contributed by atoms with Gasteiger partial charge in [-0.25, -0.2) is 0 Å². The molecule has 1 atom stereocenters. The van der Waals surface area contributed by atoms with Crippen LogP contribution in [-0.2, 0) is 15.1 Å². The number of rotatable bonds is 3. The van der Waals surface area contributed by atoms with Crippen LogP contribution in [0.15, 0.2) is 42.5 Å². The van der Waals surface area contributed by atoms with Crippen LogP contribution in [0.4, 0.5) is 0 Å². The number of ether oxygens (including phenoxy) is 1. The average Bonchev–Trinajstić information content (AvgIpc) is 2.92. The van der Waals surface area contributed by atoms with Gasteiger partial charge in [-0.1, -0.05) is 59.6 Å². The van der Waals surface area contributed by atoms with Crippen molar-refractivity contribution in [3.63, 3.8) is 0 Å².